The zero-order chi connectivity index (χ0) is 12.7. The quantitative estimate of drug-likeness (QED) is 0.789. The smallest absolute Gasteiger partial charge is 0.320 e. The van der Waals surface area contributed by atoms with Crippen LogP contribution in [-0.2, 0) is 0 Å². The van der Waals surface area contributed by atoms with Gasteiger partial charge in [0.05, 0.1) is 0 Å². The summed E-state index contributed by atoms with van der Waals surface area (Å²) in [5.41, 5.74) is 0. The molecule has 1 aromatic rings. The Hall–Kier alpha value is -1.56. The maximum atomic E-state index is 11.5. The molecule has 1 rings (SSSR count). The van der Waals surface area contributed by atoms with Crippen molar-refractivity contribution in [3.63, 3.8) is 0 Å². The summed E-state index contributed by atoms with van der Waals surface area (Å²) in [6.45, 7) is 9.41. The molecule has 0 radical (unpaired) electrons. The summed E-state index contributed by atoms with van der Waals surface area (Å²) >= 11 is 0. The first kappa shape index (κ1) is 13.5. The van der Waals surface area contributed by atoms with E-state index in [2.05, 4.69) is 34.5 Å². The number of carbonyl (C=O) groups is 1. The number of rotatable bonds is 6. The van der Waals surface area contributed by atoms with Gasteiger partial charge in [0.1, 0.15) is 5.76 Å². The molecule has 1 aromatic heterocycles. The number of nitrogens with one attached hydrogen (secondary N) is 2. The second-order valence-corrected chi connectivity index (χ2v) is 3.73. The van der Waals surface area contributed by atoms with Gasteiger partial charge >= 0.3 is 6.03 Å². The topological polar surface area (TPSA) is 70.4 Å². The number of nitrogens with zero attached hydrogens (tertiary/aromatic N) is 2. The maximum absolute atomic E-state index is 11.5. The van der Waals surface area contributed by atoms with Gasteiger partial charge in [0.15, 0.2) is 5.82 Å². The number of hydrogen-bond acceptors (Lipinski definition) is 4. The minimum atomic E-state index is -0.259. The fraction of sp³-hybridized carbons (Fsp3) is 0.636. The largest absolute Gasteiger partial charge is 0.360 e. The molecule has 0 bridgehead atoms. The Kier molecular flexibility index (Phi) is 5.48. The summed E-state index contributed by atoms with van der Waals surface area (Å²) in [5, 5.41) is 9.04. The minimum absolute atomic E-state index is 0.259. The van der Waals surface area contributed by atoms with E-state index in [0.29, 0.717) is 18.1 Å². The lowest BCUT2D eigenvalue weighted by molar-refractivity contribution is 0.247. The third-order valence-corrected chi connectivity index (χ3v) is 2.48. The summed E-state index contributed by atoms with van der Waals surface area (Å²) < 4.78 is 4.84. The van der Waals surface area contributed by atoms with Crippen LogP contribution in [0.3, 0.4) is 0 Å². The van der Waals surface area contributed by atoms with Gasteiger partial charge in [-0.2, -0.15) is 0 Å². The SMILES string of the molecule is CCN(CC)CCNC(=O)Nc1cc(C)on1. The Labute approximate surface area is 101 Å². The Morgan fingerprint density at radius 2 is 2.18 bits per heavy atom. The van der Waals surface area contributed by atoms with E-state index in [1.807, 2.05) is 0 Å². The van der Waals surface area contributed by atoms with E-state index >= 15 is 0 Å². The van der Waals surface area contributed by atoms with Crippen LogP contribution in [0.5, 0.6) is 0 Å². The molecule has 1 heterocycles. The predicted octanol–water partition coefficient (Wildman–Crippen LogP) is 1.45. The fourth-order valence-electron chi connectivity index (χ4n) is 1.45. The Morgan fingerprint density at radius 3 is 2.71 bits per heavy atom. The number of carbonyl (C=O) groups excluding carboxylic acids is 1. The molecule has 17 heavy (non-hydrogen) atoms. The second-order valence-electron chi connectivity index (χ2n) is 3.73. The van der Waals surface area contributed by atoms with E-state index in [4.69, 9.17) is 4.52 Å². The normalized spacial score (nSPS) is 10.6. The zero-order valence-electron chi connectivity index (χ0n) is 10.6. The molecular formula is C11H20N4O2. The Morgan fingerprint density at radius 1 is 1.47 bits per heavy atom. The van der Waals surface area contributed by atoms with Gasteiger partial charge < -0.3 is 14.7 Å². The van der Waals surface area contributed by atoms with E-state index in [0.717, 1.165) is 19.6 Å². The van der Waals surface area contributed by atoms with E-state index in [1.54, 1.807) is 13.0 Å². The fourth-order valence-corrected chi connectivity index (χ4v) is 1.45. The van der Waals surface area contributed by atoms with Crippen molar-refractivity contribution in [2.75, 3.05) is 31.5 Å². The van der Waals surface area contributed by atoms with Gasteiger partial charge in [-0.1, -0.05) is 19.0 Å². The van der Waals surface area contributed by atoms with Crippen molar-refractivity contribution < 1.29 is 9.32 Å². The lowest BCUT2D eigenvalue weighted by Gasteiger charge is -2.17. The van der Waals surface area contributed by atoms with Crippen LogP contribution in [0.15, 0.2) is 10.6 Å². The number of anilines is 1. The summed E-state index contributed by atoms with van der Waals surface area (Å²) in [6.07, 6.45) is 0. The summed E-state index contributed by atoms with van der Waals surface area (Å²) in [4.78, 5) is 13.7. The highest BCUT2D eigenvalue weighted by Crippen LogP contribution is 2.06. The maximum Gasteiger partial charge on any atom is 0.320 e. The number of likely N-dealkylation sites (N-methyl/N-ethyl adjacent to an activating group) is 1. The number of aryl methyl sites for hydroxylation is 1. The number of aromatic nitrogens is 1. The minimum Gasteiger partial charge on any atom is -0.360 e. The lowest BCUT2D eigenvalue weighted by Crippen LogP contribution is -2.36. The van der Waals surface area contributed by atoms with E-state index in [1.165, 1.54) is 0 Å². The molecule has 0 saturated heterocycles. The van der Waals surface area contributed by atoms with Crippen LogP contribution < -0.4 is 10.6 Å². The van der Waals surface area contributed by atoms with E-state index < -0.39 is 0 Å². The van der Waals surface area contributed by atoms with Crippen molar-refractivity contribution in [2.24, 2.45) is 0 Å². The molecule has 6 heteroatoms. The zero-order valence-corrected chi connectivity index (χ0v) is 10.6. The van der Waals surface area contributed by atoms with Crippen LogP contribution in [0, 0.1) is 6.92 Å². The number of amides is 2. The van der Waals surface area contributed by atoms with E-state index in [9.17, 15) is 4.79 Å². The van der Waals surface area contributed by atoms with Crippen LogP contribution in [0.25, 0.3) is 0 Å². The van der Waals surface area contributed by atoms with Crippen LogP contribution in [0.2, 0.25) is 0 Å². The molecule has 2 N–H and O–H groups in total. The van der Waals surface area contributed by atoms with Crippen molar-refractivity contribution in [3.8, 4) is 0 Å². The van der Waals surface area contributed by atoms with Crippen molar-refractivity contribution in [1.82, 2.24) is 15.4 Å². The first-order valence-corrected chi connectivity index (χ1v) is 5.86. The molecule has 0 unspecified atom stereocenters. The summed E-state index contributed by atoms with van der Waals surface area (Å²) in [7, 11) is 0. The third-order valence-electron chi connectivity index (χ3n) is 2.48. The highest BCUT2D eigenvalue weighted by atomic mass is 16.5. The van der Waals surface area contributed by atoms with Crippen molar-refractivity contribution in [1.29, 1.82) is 0 Å². The second kappa shape index (κ2) is 6.90. The molecule has 96 valence electrons. The molecule has 0 atom stereocenters. The van der Waals surface area contributed by atoms with Gasteiger partial charge in [-0.15, -0.1) is 0 Å². The van der Waals surface area contributed by atoms with Gasteiger partial charge in [-0.05, 0) is 20.0 Å². The standard InChI is InChI=1S/C11H20N4O2/c1-4-15(5-2)7-6-12-11(16)13-10-8-9(3)17-14-10/h8H,4-7H2,1-3H3,(H2,12,13,14,16). The Balaban J connectivity index is 2.21. The molecule has 0 aliphatic carbocycles. The molecule has 2 amide bonds. The van der Waals surface area contributed by atoms with Gasteiger partial charge in [-0.3, -0.25) is 5.32 Å². The summed E-state index contributed by atoms with van der Waals surface area (Å²) in [5.74, 6) is 1.10. The average molecular weight is 240 g/mol. The van der Waals surface area contributed by atoms with Crippen LogP contribution in [0.1, 0.15) is 19.6 Å². The molecule has 0 saturated carbocycles. The molecule has 0 spiro atoms. The van der Waals surface area contributed by atoms with Gasteiger partial charge in [-0.25, -0.2) is 4.79 Å². The van der Waals surface area contributed by atoms with Crippen molar-refractivity contribution in [3.05, 3.63) is 11.8 Å². The molecule has 0 aliphatic rings. The lowest BCUT2D eigenvalue weighted by atomic mass is 10.4. The molecular weight excluding hydrogens is 220 g/mol. The highest BCUT2D eigenvalue weighted by Gasteiger charge is 2.05. The molecule has 0 fully saturated rings. The van der Waals surface area contributed by atoms with Gasteiger partial charge in [0.2, 0.25) is 0 Å². The highest BCUT2D eigenvalue weighted by molar-refractivity contribution is 5.88. The molecule has 0 aromatic carbocycles. The number of urea groups is 1. The Bertz CT molecular complexity index is 347. The van der Waals surface area contributed by atoms with Gasteiger partial charge in [0.25, 0.3) is 0 Å². The molecule has 6 nitrogen and oxygen atoms in total. The number of hydrogen-bond donors (Lipinski definition) is 2. The van der Waals surface area contributed by atoms with Crippen molar-refractivity contribution in [2.45, 2.75) is 20.8 Å². The van der Waals surface area contributed by atoms with Gasteiger partial charge in [0, 0.05) is 19.2 Å². The van der Waals surface area contributed by atoms with Crippen LogP contribution >= 0.6 is 0 Å². The monoisotopic (exact) mass is 240 g/mol. The first-order valence-electron chi connectivity index (χ1n) is 5.86. The van der Waals surface area contributed by atoms with E-state index in [-0.39, 0.29) is 6.03 Å². The average Bonchev–Trinajstić information content (AvgIpc) is 2.70. The van der Waals surface area contributed by atoms with Crippen molar-refractivity contribution >= 4 is 11.8 Å². The first-order chi connectivity index (χ1) is 8.15. The third kappa shape index (κ3) is 4.86. The predicted molar refractivity (Wildman–Crippen MR) is 66.0 cm³/mol. The molecule has 0 aliphatic heterocycles. The van der Waals surface area contributed by atoms with Crippen LogP contribution in [-0.4, -0.2) is 42.3 Å². The van der Waals surface area contributed by atoms with Crippen LogP contribution in [0.4, 0.5) is 10.6 Å². The summed E-state index contributed by atoms with van der Waals surface area (Å²) in [6, 6.07) is 1.41.